The summed E-state index contributed by atoms with van der Waals surface area (Å²) in [4.78, 5) is 7.23. The average molecular weight is 731 g/mol. The lowest BCUT2D eigenvalue weighted by Gasteiger charge is -2.28. The summed E-state index contributed by atoms with van der Waals surface area (Å²) in [6.07, 6.45) is 0. The van der Waals surface area contributed by atoms with Gasteiger partial charge in [0.05, 0.1) is 5.69 Å². The minimum absolute atomic E-state index is 0.597. The predicted octanol–water partition coefficient (Wildman–Crippen LogP) is 15.0. The molecule has 0 amide bonds. The molecule has 268 valence electrons. The highest BCUT2D eigenvalue weighted by Gasteiger charge is 2.20. The monoisotopic (exact) mass is 730 g/mol. The van der Waals surface area contributed by atoms with Crippen molar-refractivity contribution >= 4 is 60.9 Å². The van der Waals surface area contributed by atoms with Gasteiger partial charge in [0, 0.05) is 39.3 Å². The highest BCUT2D eigenvalue weighted by Crippen LogP contribution is 2.44. The molecule has 0 N–H and O–H groups in total. The van der Waals surface area contributed by atoms with E-state index in [2.05, 4.69) is 169 Å². The van der Waals surface area contributed by atoms with E-state index in [1.54, 1.807) is 0 Å². The molecule has 0 radical (unpaired) electrons. The van der Waals surface area contributed by atoms with Crippen molar-refractivity contribution in [3.05, 3.63) is 206 Å². The van der Waals surface area contributed by atoms with E-state index in [0.717, 1.165) is 66.8 Å². The molecule has 4 nitrogen and oxygen atoms in total. The van der Waals surface area contributed by atoms with E-state index >= 15 is 0 Å². The summed E-state index contributed by atoms with van der Waals surface area (Å²) in [5, 5.41) is 4.51. The Morgan fingerprint density at radius 3 is 1.75 bits per heavy atom. The van der Waals surface area contributed by atoms with Gasteiger partial charge in [-0.15, -0.1) is 0 Å². The van der Waals surface area contributed by atoms with Gasteiger partial charge >= 0.3 is 0 Å². The zero-order valence-corrected chi connectivity index (χ0v) is 30.8. The zero-order valence-electron chi connectivity index (χ0n) is 30.8. The Labute approximate surface area is 329 Å². The molecule has 9 aromatic carbocycles. The number of hydrogen-bond acceptors (Lipinski definition) is 4. The summed E-state index contributed by atoms with van der Waals surface area (Å²) in [5.41, 5.74) is 14.2. The molecule has 0 fully saturated rings. The van der Waals surface area contributed by atoms with Crippen molar-refractivity contribution in [2.75, 3.05) is 4.90 Å². The molecular formula is C53H34N2O2. The first kappa shape index (κ1) is 32.7. The van der Waals surface area contributed by atoms with Gasteiger partial charge in [-0.2, -0.15) is 0 Å². The third kappa shape index (κ3) is 5.83. The molecule has 11 aromatic rings. The second-order valence-electron chi connectivity index (χ2n) is 14.4. The Morgan fingerprint density at radius 2 is 0.982 bits per heavy atom. The number of para-hydroxylation sites is 1. The van der Waals surface area contributed by atoms with Crippen molar-refractivity contribution in [2.45, 2.75) is 0 Å². The minimum Gasteiger partial charge on any atom is -0.456 e. The lowest BCUT2D eigenvalue weighted by Crippen LogP contribution is -2.11. The summed E-state index contributed by atoms with van der Waals surface area (Å²) in [7, 11) is 0. The minimum atomic E-state index is 0.597. The summed E-state index contributed by atoms with van der Waals surface area (Å²) < 4.78 is 12.6. The lowest BCUT2D eigenvalue weighted by molar-refractivity contribution is 0.617. The molecule has 0 aliphatic rings. The van der Waals surface area contributed by atoms with Gasteiger partial charge in [0.1, 0.15) is 16.7 Å². The highest BCUT2D eigenvalue weighted by atomic mass is 16.4. The average Bonchev–Trinajstić information content (AvgIpc) is 3.87. The Bertz CT molecular complexity index is 3220. The maximum atomic E-state index is 6.44. The van der Waals surface area contributed by atoms with Gasteiger partial charge in [-0.25, -0.2) is 4.98 Å². The van der Waals surface area contributed by atoms with Crippen LogP contribution in [-0.4, -0.2) is 4.98 Å². The molecule has 57 heavy (non-hydrogen) atoms. The van der Waals surface area contributed by atoms with Crippen molar-refractivity contribution < 1.29 is 8.83 Å². The van der Waals surface area contributed by atoms with E-state index in [9.17, 15) is 0 Å². The molecular weight excluding hydrogens is 697 g/mol. The number of nitrogens with zero attached hydrogens (tertiary/aromatic N) is 2. The number of anilines is 3. The van der Waals surface area contributed by atoms with Crippen molar-refractivity contribution in [3.63, 3.8) is 0 Å². The molecule has 4 heteroatoms. The normalized spacial score (nSPS) is 11.5. The molecule has 0 saturated heterocycles. The second-order valence-corrected chi connectivity index (χ2v) is 14.4. The Morgan fingerprint density at radius 1 is 0.368 bits per heavy atom. The van der Waals surface area contributed by atoms with E-state index < -0.39 is 0 Å². The molecule has 0 aliphatic heterocycles. The smallest absolute Gasteiger partial charge is 0.227 e. The van der Waals surface area contributed by atoms with Gasteiger partial charge in [0.15, 0.2) is 5.58 Å². The molecule has 0 spiro atoms. The fourth-order valence-corrected chi connectivity index (χ4v) is 8.11. The van der Waals surface area contributed by atoms with Gasteiger partial charge in [-0.3, -0.25) is 0 Å². The van der Waals surface area contributed by atoms with Crippen LogP contribution in [0.5, 0.6) is 0 Å². The molecule has 11 rings (SSSR count). The molecule has 0 unspecified atom stereocenters. The third-order valence-corrected chi connectivity index (χ3v) is 10.9. The fourth-order valence-electron chi connectivity index (χ4n) is 8.11. The standard InChI is InChI=1S/C53H34N2O2/c1-3-12-35(13-4-1)37-24-28-42(29-25-37)55(48-20-10-9-18-44(48)41-23-22-36-14-7-8-17-40(36)32-41)43-30-26-38(27-31-43)45-19-11-21-49-52(45)46-33-47-51(34-50(46)56-49)57-53(54-47)39-15-5-2-6-16-39/h1-34H. The summed E-state index contributed by atoms with van der Waals surface area (Å²) in [5.74, 6) is 0.597. The molecule has 0 atom stereocenters. The second kappa shape index (κ2) is 13.6. The fraction of sp³-hybridized carbons (Fsp3) is 0. The van der Waals surface area contributed by atoms with E-state index in [1.165, 1.54) is 27.5 Å². The summed E-state index contributed by atoms with van der Waals surface area (Å²) in [6, 6.07) is 72.5. The number of benzene rings is 9. The maximum absolute atomic E-state index is 6.44. The first-order valence-electron chi connectivity index (χ1n) is 19.2. The van der Waals surface area contributed by atoms with Gasteiger partial charge in [0.25, 0.3) is 0 Å². The number of aromatic nitrogens is 1. The Balaban J connectivity index is 1.03. The van der Waals surface area contributed by atoms with Crippen LogP contribution in [0.2, 0.25) is 0 Å². The van der Waals surface area contributed by atoms with Gasteiger partial charge in [-0.05, 0) is 99.3 Å². The van der Waals surface area contributed by atoms with Crippen molar-refractivity contribution in [2.24, 2.45) is 0 Å². The lowest BCUT2D eigenvalue weighted by atomic mass is 9.97. The van der Waals surface area contributed by atoms with Crippen LogP contribution in [0.4, 0.5) is 17.1 Å². The largest absolute Gasteiger partial charge is 0.456 e. The van der Waals surface area contributed by atoms with Crippen LogP contribution >= 0.6 is 0 Å². The van der Waals surface area contributed by atoms with Crippen LogP contribution in [0, 0.1) is 0 Å². The number of oxazole rings is 1. The first-order valence-corrected chi connectivity index (χ1v) is 19.2. The molecule has 0 aliphatic carbocycles. The number of furan rings is 1. The van der Waals surface area contributed by atoms with Crippen molar-refractivity contribution in [1.29, 1.82) is 0 Å². The molecule has 2 heterocycles. The number of fused-ring (bicyclic) bond motifs is 5. The van der Waals surface area contributed by atoms with E-state index in [-0.39, 0.29) is 0 Å². The van der Waals surface area contributed by atoms with Gasteiger partial charge in [-0.1, -0.05) is 140 Å². The Hall–Kier alpha value is -7.69. The third-order valence-electron chi connectivity index (χ3n) is 10.9. The van der Waals surface area contributed by atoms with Crippen LogP contribution in [0.3, 0.4) is 0 Å². The van der Waals surface area contributed by atoms with E-state index in [0.29, 0.717) is 11.5 Å². The van der Waals surface area contributed by atoms with Crippen LogP contribution in [0.1, 0.15) is 0 Å². The highest BCUT2D eigenvalue weighted by molar-refractivity contribution is 6.15. The van der Waals surface area contributed by atoms with Gasteiger partial charge < -0.3 is 13.7 Å². The van der Waals surface area contributed by atoms with Crippen LogP contribution in [0.25, 0.3) is 88.6 Å². The van der Waals surface area contributed by atoms with Gasteiger partial charge in [0.2, 0.25) is 5.89 Å². The van der Waals surface area contributed by atoms with Crippen molar-refractivity contribution in [3.8, 4) is 44.8 Å². The van der Waals surface area contributed by atoms with Crippen molar-refractivity contribution in [1.82, 2.24) is 4.98 Å². The van der Waals surface area contributed by atoms with E-state index in [4.69, 9.17) is 13.8 Å². The van der Waals surface area contributed by atoms with Crippen LogP contribution < -0.4 is 4.90 Å². The molecule has 0 bridgehead atoms. The quantitative estimate of drug-likeness (QED) is 0.164. The van der Waals surface area contributed by atoms with Crippen LogP contribution in [-0.2, 0) is 0 Å². The number of hydrogen-bond donors (Lipinski definition) is 0. The van der Waals surface area contributed by atoms with E-state index in [1.807, 2.05) is 42.5 Å². The summed E-state index contributed by atoms with van der Waals surface area (Å²) in [6.45, 7) is 0. The SMILES string of the molecule is c1ccc(-c2ccc(N(c3ccc(-c4cccc5oc6cc7oc(-c8ccccc8)nc7cc6c45)cc3)c3ccccc3-c3ccc4ccccc4c3)cc2)cc1. The summed E-state index contributed by atoms with van der Waals surface area (Å²) >= 11 is 0. The zero-order chi connectivity index (χ0) is 37.7. The number of rotatable bonds is 7. The maximum Gasteiger partial charge on any atom is 0.227 e. The topological polar surface area (TPSA) is 42.4 Å². The molecule has 0 saturated carbocycles. The Kier molecular flexibility index (Phi) is 7.78. The predicted molar refractivity (Wildman–Crippen MR) is 235 cm³/mol. The molecule has 2 aromatic heterocycles. The first-order chi connectivity index (χ1) is 28.2. The van der Waals surface area contributed by atoms with Crippen LogP contribution in [0.15, 0.2) is 215 Å².